The monoisotopic (exact) mass is 443 g/mol. The van der Waals surface area contributed by atoms with Crippen LogP contribution in [0.4, 0.5) is 5.13 Å². The molecule has 1 aromatic heterocycles. The number of nitrogens with one attached hydrogen (secondary N) is 2. The first kappa shape index (κ1) is 22.1. The molecule has 158 valence electrons. The van der Waals surface area contributed by atoms with Gasteiger partial charge in [-0.1, -0.05) is 29.8 Å². The highest BCUT2D eigenvalue weighted by molar-refractivity contribution is 7.89. The van der Waals surface area contributed by atoms with Gasteiger partial charge in [0, 0.05) is 22.9 Å². The van der Waals surface area contributed by atoms with Crippen molar-refractivity contribution in [1.82, 2.24) is 9.71 Å². The number of aryl methyl sites for hydroxylation is 2. The van der Waals surface area contributed by atoms with Crippen LogP contribution in [-0.4, -0.2) is 25.4 Å². The lowest BCUT2D eigenvalue weighted by atomic mass is 10.1. The number of hydrogen-bond acceptors (Lipinski definition) is 5. The summed E-state index contributed by atoms with van der Waals surface area (Å²) in [6.45, 7) is 7.49. The number of rotatable bonds is 7. The number of amides is 1. The van der Waals surface area contributed by atoms with E-state index in [2.05, 4.69) is 46.2 Å². The Morgan fingerprint density at radius 2 is 1.67 bits per heavy atom. The SMILES string of the molecule is Cc1ccc(Cc2sc(NC(=O)c3ccc(S(=O)(=O)NC(C)C)cc3)nc2C)cc1. The molecule has 0 aliphatic carbocycles. The van der Waals surface area contributed by atoms with Gasteiger partial charge in [-0.15, -0.1) is 11.3 Å². The summed E-state index contributed by atoms with van der Waals surface area (Å²) in [6, 6.07) is 14.0. The fourth-order valence-electron chi connectivity index (χ4n) is 2.87. The molecule has 3 aromatic rings. The second-order valence-corrected chi connectivity index (χ2v) is 10.2. The van der Waals surface area contributed by atoms with Gasteiger partial charge in [-0.25, -0.2) is 18.1 Å². The molecular formula is C22H25N3O3S2. The lowest BCUT2D eigenvalue weighted by Crippen LogP contribution is -2.30. The molecule has 1 heterocycles. The topological polar surface area (TPSA) is 88.2 Å². The van der Waals surface area contributed by atoms with Crippen LogP contribution in [0.1, 0.15) is 45.9 Å². The van der Waals surface area contributed by atoms with E-state index in [9.17, 15) is 13.2 Å². The summed E-state index contributed by atoms with van der Waals surface area (Å²) in [5.74, 6) is -0.327. The number of aromatic nitrogens is 1. The maximum Gasteiger partial charge on any atom is 0.257 e. The zero-order chi connectivity index (χ0) is 21.9. The van der Waals surface area contributed by atoms with Crippen molar-refractivity contribution in [2.24, 2.45) is 0 Å². The third kappa shape index (κ3) is 5.53. The van der Waals surface area contributed by atoms with Crippen molar-refractivity contribution < 1.29 is 13.2 Å². The van der Waals surface area contributed by atoms with Gasteiger partial charge < -0.3 is 0 Å². The number of thiazole rings is 1. The lowest BCUT2D eigenvalue weighted by molar-refractivity contribution is 0.102. The number of hydrogen-bond donors (Lipinski definition) is 2. The average molecular weight is 444 g/mol. The summed E-state index contributed by atoms with van der Waals surface area (Å²) in [7, 11) is -3.59. The van der Waals surface area contributed by atoms with Gasteiger partial charge in [-0.05, 0) is 57.5 Å². The van der Waals surface area contributed by atoms with Crippen LogP contribution in [-0.2, 0) is 16.4 Å². The fraction of sp³-hybridized carbons (Fsp3) is 0.273. The molecule has 0 unspecified atom stereocenters. The van der Waals surface area contributed by atoms with Crippen LogP contribution in [0.25, 0.3) is 0 Å². The van der Waals surface area contributed by atoms with Crippen LogP contribution in [0.15, 0.2) is 53.4 Å². The zero-order valence-corrected chi connectivity index (χ0v) is 19.0. The maximum atomic E-state index is 12.6. The summed E-state index contributed by atoms with van der Waals surface area (Å²) in [5.41, 5.74) is 3.66. The van der Waals surface area contributed by atoms with E-state index in [0.29, 0.717) is 10.7 Å². The van der Waals surface area contributed by atoms with E-state index < -0.39 is 10.0 Å². The molecule has 0 radical (unpaired) electrons. The van der Waals surface area contributed by atoms with Crippen molar-refractivity contribution in [3.8, 4) is 0 Å². The Kier molecular flexibility index (Phi) is 6.70. The summed E-state index contributed by atoms with van der Waals surface area (Å²) >= 11 is 1.45. The molecule has 0 spiro atoms. The highest BCUT2D eigenvalue weighted by atomic mass is 32.2. The standard InChI is InChI=1S/C22H25N3O3S2/c1-14(2)25-30(27,28)19-11-9-18(10-12-19)21(26)24-22-23-16(4)20(29-22)13-17-7-5-15(3)6-8-17/h5-12,14,25H,13H2,1-4H3,(H,23,24,26). The van der Waals surface area contributed by atoms with Gasteiger partial charge >= 0.3 is 0 Å². The van der Waals surface area contributed by atoms with Gasteiger partial charge in [0.15, 0.2) is 5.13 Å². The van der Waals surface area contributed by atoms with Crippen molar-refractivity contribution in [2.45, 2.75) is 45.1 Å². The summed E-state index contributed by atoms with van der Waals surface area (Å²) < 4.78 is 26.9. The molecule has 6 nitrogen and oxygen atoms in total. The predicted molar refractivity (Wildman–Crippen MR) is 121 cm³/mol. The van der Waals surface area contributed by atoms with Crippen molar-refractivity contribution in [3.05, 3.63) is 75.8 Å². The Labute approximate surface area is 181 Å². The predicted octanol–water partition coefficient (Wildman–Crippen LogP) is 4.29. The van der Waals surface area contributed by atoms with E-state index in [1.807, 2.05) is 6.92 Å². The van der Waals surface area contributed by atoms with Crippen LogP contribution < -0.4 is 10.0 Å². The minimum atomic E-state index is -3.59. The van der Waals surface area contributed by atoms with Crippen LogP contribution in [0.3, 0.4) is 0 Å². The molecule has 2 aromatic carbocycles. The highest BCUT2D eigenvalue weighted by Crippen LogP contribution is 2.26. The highest BCUT2D eigenvalue weighted by Gasteiger charge is 2.17. The number of nitrogens with zero attached hydrogens (tertiary/aromatic N) is 1. The molecule has 8 heteroatoms. The second kappa shape index (κ2) is 9.07. The Bertz CT molecular complexity index is 1130. The minimum Gasteiger partial charge on any atom is -0.298 e. The molecule has 1 amide bonds. The first-order chi connectivity index (χ1) is 14.1. The van der Waals surface area contributed by atoms with Gasteiger partial charge in [0.05, 0.1) is 10.6 Å². The number of carbonyl (C=O) groups is 1. The Morgan fingerprint density at radius 1 is 1.03 bits per heavy atom. The summed E-state index contributed by atoms with van der Waals surface area (Å²) in [5, 5.41) is 3.33. The largest absolute Gasteiger partial charge is 0.298 e. The molecule has 30 heavy (non-hydrogen) atoms. The lowest BCUT2D eigenvalue weighted by Gasteiger charge is -2.10. The average Bonchev–Trinajstić information content (AvgIpc) is 3.01. The van der Waals surface area contributed by atoms with E-state index in [1.54, 1.807) is 13.8 Å². The van der Waals surface area contributed by atoms with Gasteiger partial charge in [-0.3, -0.25) is 10.1 Å². The molecule has 0 saturated carbocycles. The molecule has 0 atom stereocenters. The quantitative estimate of drug-likeness (QED) is 0.570. The first-order valence-electron chi connectivity index (χ1n) is 9.59. The third-order valence-corrected chi connectivity index (χ3v) is 7.16. The van der Waals surface area contributed by atoms with Crippen LogP contribution in [0, 0.1) is 13.8 Å². The van der Waals surface area contributed by atoms with Gasteiger partial charge in [0.25, 0.3) is 5.91 Å². The normalized spacial score (nSPS) is 11.6. The molecule has 0 fully saturated rings. The van der Waals surface area contributed by atoms with E-state index in [-0.39, 0.29) is 16.8 Å². The molecule has 0 bridgehead atoms. The smallest absolute Gasteiger partial charge is 0.257 e. The second-order valence-electron chi connectivity index (χ2n) is 7.44. The third-order valence-electron chi connectivity index (χ3n) is 4.42. The summed E-state index contributed by atoms with van der Waals surface area (Å²) in [4.78, 5) is 18.2. The fourth-order valence-corrected chi connectivity index (χ4v) is 5.11. The Morgan fingerprint density at radius 3 is 2.27 bits per heavy atom. The van der Waals surface area contributed by atoms with Crippen molar-refractivity contribution in [1.29, 1.82) is 0 Å². The van der Waals surface area contributed by atoms with Crippen molar-refractivity contribution >= 4 is 32.4 Å². The van der Waals surface area contributed by atoms with Crippen LogP contribution in [0.5, 0.6) is 0 Å². The van der Waals surface area contributed by atoms with Crippen molar-refractivity contribution in [2.75, 3.05) is 5.32 Å². The van der Waals surface area contributed by atoms with Crippen LogP contribution >= 0.6 is 11.3 Å². The van der Waals surface area contributed by atoms with Gasteiger partial charge in [-0.2, -0.15) is 0 Å². The molecule has 0 saturated heterocycles. The van der Waals surface area contributed by atoms with Gasteiger partial charge in [0.1, 0.15) is 0 Å². The molecule has 0 aliphatic rings. The van der Waals surface area contributed by atoms with E-state index in [0.717, 1.165) is 17.0 Å². The van der Waals surface area contributed by atoms with E-state index in [1.165, 1.54) is 46.7 Å². The first-order valence-corrected chi connectivity index (χ1v) is 11.9. The van der Waals surface area contributed by atoms with Crippen LogP contribution in [0.2, 0.25) is 0 Å². The Hall–Kier alpha value is -2.55. The number of anilines is 1. The Balaban J connectivity index is 1.69. The maximum absolute atomic E-state index is 12.6. The van der Waals surface area contributed by atoms with Gasteiger partial charge in [0.2, 0.25) is 10.0 Å². The molecular weight excluding hydrogens is 418 g/mol. The molecule has 2 N–H and O–H groups in total. The number of sulfonamides is 1. The van der Waals surface area contributed by atoms with E-state index >= 15 is 0 Å². The molecule has 0 aliphatic heterocycles. The summed E-state index contributed by atoms with van der Waals surface area (Å²) in [6.07, 6.45) is 0.759. The number of benzene rings is 2. The molecule has 3 rings (SSSR count). The zero-order valence-electron chi connectivity index (χ0n) is 17.4. The van der Waals surface area contributed by atoms with E-state index in [4.69, 9.17) is 0 Å². The minimum absolute atomic E-state index is 0.123. The van der Waals surface area contributed by atoms with Crippen molar-refractivity contribution in [3.63, 3.8) is 0 Å². The number of carbonyl (C=O) groups excluding carboxylic acids is 1.